The molecule has 2 N–H and O–H groups in total. The Kier molecular flexibility index (Phi) is 7.31. The van der Waals surface area contributed by atoms with Crippen molar-refractivity contribution in [1.82, 2.24) is 15.1 Å². The molecule has 0 amide bonds. The van der Waals surface area contributed by atoms with E-state index in [4.69, 9.17) is 28.6 Å². The number of anilines is 1. The van der Waals surface area contributed by atoms with Gasteiger partial charge in [0, 0.05) is 24.2 Å². The molecule has 0 atom stereocenters. The van der Waals surface area contributed by atoms with Gasteiger partial charge in [0.05, 0.1) is 23.4 Å². The van der Waals surface area contributed by atoms with Crippen molar-refractivity contribution >= 4 is 51.2 Å². The molecule has 0 bridgehead atoms. The third-order valence-corrected chi connectivity index (χ3v) is 6.60. The Hall–Kier alpha value is -1.64. The van der Waals surface area contributed by atoms with Gasteiger partial charge < -0.3 is 15.4 Å². The zero-order chi connectivity index (χ0) is 20.1. The Bertz CT molecular complexity index is 843. The number of nitrogens with zero attached hydrogens (tertiary/aromatic N) is 2. The molecule has 28 heavy (non-hydrogen) atoms. The summed E-state index contributed by atoms with van der Waals surface area (Å²) in [6, 6.07) is 0. The van der Waals surface area contributed by atoms with Crippen LogP contribution in [0.2, 0.25) is 5.02 Å². The van der Waals surface area contributed by atoms with Crippen LogP contribution in [0, 0.1) is 6.92 Å². The standard InChI is InChI=1S/C19H25ClN4O2S2/c1-12-14(20)11-24(23-12)10-6-9-21-19(27)22-17-16(18(25)26-2)13-7-4-3-5-8-15(13)28-17/h11H,3-10H2,1-2H3,(H2,21,22,27). The van der Waals surface area contributed by atoms with Crippen LogP contribution in [-0.4, -0.2) is 34.5 Å². The molecule has 2 aromatic heterocycles. The number of esters is 1. The fraction of sp³-hybridized carbons (Fsp3) is 0.526. The lowest BCUT2D eigenvalue weighted by atomic mass is 10.1. The monoisotopic (exact) mass is 440 g/mol. The Morgan fingerprint density at radius 2 is 2.18 bits per heavy atom. The molecule has 0 saturated heterocycles. The van der Waals surface area contributed by atoms with Crippen molar-refractivity contribution in [1.29, 1.82) is 0 Å². The lowest BCUT2D eigenvalue weighted by molar-refractivity contribution is 0.0601. The minimum absolute atomic E-state index is 0.296. The highest BCUT2D eigenvalue weighted by Gasteiger charge is 2.25. The van der Waals surface area contributed by atoms with Gasteiger partial charge in [0.2, 0.25) is 0 Å². The maximum Gasteiger partial charge on any atom is 0.341 e. The second kappa shape index (κ2) is 9.71. The number of fused-ring (bicyclic) bond motifs is 1. The van der Waals surface area contributed by atoms with Crippen molar-refractivity contribution in [2.75, 3.05) is 19.0 Å². The largest absolute Gasteiger partial charge is 0.465 e. The first kappa shape index (κ1) is 21.1. The predicted molar refractivity (Wildman–Crippen MR) is 118 cm³/mol. The van der Waals surface area contributed by atoms with Gasteiger partial charge in [-0.25, -0.2) is 4.79 Å². The molecular weight excluding hydrogens is 416 g/mol. The first-order valence-electron chi connectivity index (χ1n) is 9.47. The van der Waals surface area contributed by atoms with Gasteiger partial charge in [-0.15, -0.1) is 11.3 Å². The number of thiophene rings is 1. The van der Waals surface area contributed by atoms with Gasteiger partial charge >= 0.3 is 5.97 Å². The molecule has 3 rings (SSSR count). The third-order valence-electron chi connectivity index (χ3n) is 4.77. The van der Waals surface area contributed by atoms with Gasteiger partial charge in [-0.1, -0.05) is 18.0 Å². The number of methoxy groups -OCH3 is 1. The lowest BCUT2D eigenvalue weighted by Gasteiger charge is -2.11. The SMILES string of the molecule is COC(=O)c1c(NC(=S)NCCCn2cc(Cl)c(C)n2)sc2c1CCCCC2. The molecule has 0 unspecified atom stereocenters. The molecule has 0 fully saturated rings. The lowest BCUT2D eigenvalue weighted by Crippen LogP contribution is -2.30. The summed E-state index contributed by atoms with van der Waals surface area (Å²) in [5.41, 5.74) is 2.61. The number of hydrogen-bond acceptors (Lipinski definition) is 5. The van der Waals surface area contributed by atoms with Crippen LogP contribution in [-0.2, 0) is 24.1 Å². The van der Waals surface area contributed by atoms with Crippen LogP contribution in [0.1, 0.15) is 52.2 Å². The Balaban J connectivity index is 1.58. The van der Waals surface area contributed by atoms with E-state index in [-0.39, 0.29) is 5.97 Å². The van der Waals surface area contributed by atoms with Crippen molar-refractivity contribution in [3.8, 4) is 0 Å². The van der Waals surface area contributed by atoms with E-state index in [0.717, 1.165) is 54.9 Å². The fourth-order valence-electron chi connectivity index (χ4n) is 3.35. The minimum atomic E-state index is -0.296. The van der Waals surface area contributed by atoms with Gasteiger partial charge in [-0.2, -0.15) is 5.10 Å². The zero-order valence-corrected chi connectivity index (χ0v) is 18.5. The average Bonchev–Trinajstić information content (AvgIpc) is 3.07. The Morgan fingerprint density at radius 1 is 1.39 bits per heavy atom. The molecule has 0 saturated carbocycles. The minimum Gasteiger partial charge on any atom is -0.465 e. The van der Waals surface area contributed by atoms with E-state index in [1.54, 1.807) is 11.3 Å². The van der Waals surface area contributed by atoms with Crippen LogP contribution >= 0.6 is 35.2 Å². The Morgan fingerprint density at radius 3 is 2.89 bits per heavy atom. The number of rotatable bonds is 6. The van der Waals surface area contributed by atoms with E-state index in [0.29, 0.717) is 22.2 Å². The number of ether oxygens (including phenoxy) is 1. The van der Waals surface area contributed by atoms with Crippen LogP contribution in [0.25, 0.3) is 0 Å². The summed E-state index contributed by atoms with van der Waals surface area (Å²) in [6.45, 7) is 3.34. The van der Waals surface area contributed by atoms with Crippen molar-refractivity contribution < 1.29 is 9.53 Å². The molecule has 9 heteroatoms. The van der Waals surface area contributed by atoms with Crippen LogP contribution in [0.15, 0.2) is 6.20 Å². The summed E-state index contributed by atoms with van der Waals surface area (Å²) in [7, 11) is 1.42. The van der Waals surface area contributed by atoms with E-state index >= 15 is 0 Å². The van der Waals surface area contributed by atoms with E-state index in [2.05, 4.69) is 15.7 Å². The number of carbonyl (C=O) groups is 1. The smallest absolute Gasteiger partial charge is 0.341 e. The highest BCUT2D eigenvalue weighted by atomic mass is 35.5. The summed E-state index contributed by atoms with van der Waals surface area (Å²) in [6.07, 6.45) is 8.08. The van der Waals surface area contributed by atoms with Gasteiger partial charge in [0.15, 0.2) is 5.11 Å². The first-order chi connectivity index (χ1) is 13.5. The van der Waals surface area contributed by atoms with E-state index in [1.807, 2.05) is 17.8 Å². The quantitative estimate of drug-likeness (QED) is 0.301. The maximum atomic E-state index is 12.4. The number of thiocarbonyl (C=S) groups is 1. The number of aromatic nitrogens is 2. The average molecular weight is 441 g/mol. The molecule has 0 radical (unpaired) electrons. The van der Waals surface area contributed by atoms with E-state index in [1.165, 1.54) is 18.4 Å². The summed E-state index contributed by atoms with van der Waals surface area (Å²) in [5, 5.41) is 12.7. The Labute approximate surface area is 179 Å². The van der Waals surface area contributed by atoms with E-state index < -0.39 is 0 Å². The summed E-state index contributed by atoms with van der Waals surface area (Å²) in [4.78, 5) is 13.6. The van der Waals surface area contributed by atoms with Gasteiger partial charge in [-0.3, -0.25) is 4.68 Å². The number of hydrogen-bond donors (Lipinski definition) is 2. The molecule has 1 aliphatic rings. The van der Waals surface area contributed by atoms with Crippen LogP contribution in [0.5, 0.6) is 0 Å². The van der Waals surface area contributed by atoms with Crippen molar-refractivity contribution in [2.45, 2.75) is 52.0 Å². The molecule has 0 aliphatic heterocycles. The molecule has 0 aromatic carbocycles. The number of carbonyl (C=O) groups excluding carboxylic acids is 1. The normalized spacial score (nSPS) is 13.5. The number of halogens is 1. The predicted octanol–water partition coefficient (Wildman–Crippen LogP) is 4.34. The molecule has 2 heterocycles. The van der Waals surface area contributed by atoms with Gasteiger partial charge in [0.1, 0.15) is 5.00 Å². The van der Waals surface area contributed by atoms with Gasteiger partial charge in [-0.05, 0) is 56.8 Å². The summed E-state index contributed by atoms with van der Waals surface area (Å²) in [5.74, 6) is -0.296. The number of aryl methyl sites for hydroxylation is 3. The molecule has 1 aliphatic carbocycles. The van der Waals surface area contributed by atoms with Gasteiger partial charge in [0.25, 0.3) is 0 Å². The van der Waals surface area contributed by atoms with Crippen molar-refractivity contribution in [3.63, 3.8) is 0 Å². The molecular formula is C19H25ClN4O2S2. The zero-order valence-electron chi connectivity index (χ0n) is 16.1. The topological polar surface area (TPSA) is 68.2 Å². The second-order valence-corrected chi connectivity index (χ2v) is 8.74. The molecule has 2 aromatic rings. The highest BCUT2D eigenvalue weighted by Crippen LogP contribution is 2.37. The third kappa shape index (κ3) is 5.04. The van der Waals surface area contributed by atoms with E-state index in [9.17, 15) is 4.79 Å². The first-order valence-corrected chi connectivity index (χ1v) is 11.1. The van der Waals surface area contributed by atoms with Crippen LogP contribution in [0.4, 0.5) is 5.00 Å². The number of nitrogens with one attached hydrogen (secondary N) is 2. The van der Waals surface area contributed by atoms with Crippen LogP contribution < -0.4 is 10.6 Å². The molecule has 6 nitrogen and oxygen atoms in total. The second-order valence-electron chi connectivity index (χ2n) is 6.82. The fourth-order valence-corrected chi connectivity index (χ4v) is 5.05. The summed E-state index contributed by atoms with van der Waals surface area (Å²) >= 11 is 13.1. The maximum absolute atomic E-state index is 12.4. The van der Waals surface area contributed by atoms with Crippen molar-refractivity contribution in [3.05, 3.63) is 32.9 Å². The van der Waals surface area contributed by atoms with Crippen molar-refractivity contribution in [2.24, 2.45) is 0 Å². The summed E-state index contributed by atoms with van der Waals surface area (Å²) < 4.78 is 6.86. The molecule has 0 spiro atoms. The van der Waals surface area contributed by atoms with Crippen LogP contribution in [0.3, 0.4) is 0 Å². The highest BCUT2D eigenvalue weighted by molar-refractivity contribution is 7.80. The molecule has 152 valence electrons.